The molecule has 0 amide bonds. The molecule has 0 aliphatic heterocycles. The van der Waals surface area contributed by atoms with Gasteiger partial charge < -0.3 is 10.1 Å². The molecular weight excluding hydrogens is 234 g/mol. The van der Waals surface area contributed by atoms with E-state index in [1.54, 1.807) is 0 Å². The van der Waals surface area contributed by atoms with Crippen molar-refractivity contribution in [2.45, 2.75) is 25.4 Å². The van der Waals surface area contributed by atoms with E-state index in [0.29, 0.717) is 0 Å². The number of benzene rings is 1. The van der Waals surface area contributed by atoms with Crippen molar-refractivity contribution in [2.75, 3.05) is 20.2 Å². The number of rotatable bonds is 7. The van der Waals surface area contributed by atoms with Crippen LogP contribution in [0.4, 0.5) is 0 Å². The molecule has 1 saturated carbocycles. The minimum Gasteiger partial charge on any atom is -0.372 e. The third kappa shape index (κ3) is 4.30. The van der Waals surface area contributed by atoms with Crippen LogP contribution in [0, 0.1) is 5.92 Å². The molecule has 1 fully saturated rings. The van der Waals surface area contributed by atoms with E-state index >= 15 is 0 Å². The molecule has 0 saturated heterocycles. The molecule has 1 aromatic carbocycles. The highest BCUT2D eigenvalue weighted by Crippen LogP contribution is 2.32. The maximum absolute atomic E-state index is 5.95. The lowest BCUT2D eigenvalue weighted by molar-refractivity contribution is 0.0499. The Balaban J connectivity index is 1.87. The number of ether oxygens (including phenoxy) is 1. The Kier molecular flexibility index (Phi) is 4.84. The van der Waals surface area contributed by atoms with Gasteiger partial charge in [-0.05, 0) is 37.1 Å². The third-order valence-electron chi connectivity index (χ3n) is 3.17. The summed E-state index contributed by atoms with van der Waals surface area (Å²) in [6.45, 7) is 1.70. The zero-order valence-electron chi connectivity index (χ0n) is 10.3. The molecule has 1 aliphatic rings. The van der Waals surface area contributed by atoms with Crippen LogP contribution < -0.4 is 5.32 Å². The Morgan fingerprint density at radius 1 is 1.35 bits per heavy atom. The zero-order valence-corrected chi connectivity index (χ0v) is 11.0. The van der Waals surface area contributed by atoms with E-state index in [-0.39, 0.29) is 6.10 Å². The van der Waals surface area contributed by atoms with Crippen LogP contribution in [0.3, 0.4) is 0 Å². The van der Waals surface area contributed by atoms with E-state index in [0.717, 1.165) is 24.1 Å². The van der Waals surface area contributed by atoms with Gasteiger partial charge in [0.2, 0.25) is 0 Å². The summed E-state index contributed by atoms with van der Waals surface area (Å²) in [5, 5.41) is 3.95. The fourth-order valence-corrected chi connectivity index (χ4v) is 2.05. The van der Waals surface area contributed by atoms with Crippen molar-refractivity contribution in [2.24, 2.45) is 5.92 Å². The first-order chi connectivity index (χ1) is 8.29. The van der Waals surface area contributed by atoms with Crippen LogP contribution in [0.2, 0.25) is 5.02 Å². The maximum Gasteiger partial charge on any atom is 0.0949 e. The minimum absolute atomic E-state index is 0.135. The van der Waals surface area contributed by atoms with Crippen LogP contribution in [-0.4, -0.2) is 20.2 Å². The van der Waals surface area contributed by atoms with E-state index in [2.05, 4.69) is 5.32 Å². The number of nitrogens with one attached hydrogen (secondary N) is 1. The van der Waals surface area contributed by atoms with Crippen molar-refractivity contribution in [1.29, 1.82) is 0 Å². The van der Waals surface area contributed by atoms with Crippen molar-refractivity contribution in [3.63, 3.8) is 0 Å². The van der Waals surface area contributed by atoms with Crippen LogP contribution in [0.25, 0.3) is 0 Å². The van der Waals surface area contributed by atoms with Crippen LogP contribution in [0.15, 0.2) is 24.3 Å². The molecule has 1 N–H and O–H groups in total. The van der Waals surface area contributed by atoms with E-state index in [1.165, 1.54) is 24.8 Å². The number of hydrogen-bond acceptors (Lipinski definition) is 2. The van der Waals surface area contributed by atoms with E-state index in [1.807, 2.05) is 31.3 Å². The van der Waals surface area contributed by atoms with Crippen molar-refractivity contribution in [3.05, 3.63) is 34.9 Å². The lowest BCUT2D eigenvalue weighted by Crippen LogP contribution is -2.20. The van der Waals surface area contributed by atoms with Gasteiger partial charge in [-0.1, -0.05) is 36.6 Å². The smallest absolute Gasteiger partial charge is 0.0949 e. The summed E-state index contributed by atoms with van der Waals surface area (Å²) in [6, 6.07) is 7.93. The van der Waals surface area contributed by atoms with E-state index in [9.17, 15) is 0 Å². The fourth-order valence-electron chi connectivity index (χ4n) is 1.92. The zero-order chi connectivity index (χ0) is 12.1. The van der Waals surface area contributed by atoms with Gasteiger partial charge in [-0.2, -0.15) is 0 Å². The molecule has 0 spiro atoms. The average Bonchev–Trinajstić information content (AvgIpc) is 3.13. The maximum atomic E-state index is 5.95. The van der Waals surface area contributed by atoms with Crippen LogP contribution in [-0.2, 0) is 4.74 Å². The fraction of sp³-hybridized carbons (Fsp3) is 0.571. The van der Waals surface area contributed by atoms with Gasteiger partial charge in [0.15, 0.2) is 0 Å². The standard InChI is InChI=1S/C14H20ClNO/c1-16-10-14(17-9-8-11-2-3-11)12-4-6-13(15)7-5-12/h4-7,11,14,16H,2-3,8-10H2,1H3. The monoisotopic (exact) mass is 253 g/mol. The molecule has 0 heterocycles. The predicted molar refractivity (Wildman–Crippen MR) is 71.4 cm³/mol. The average molecular weight is 254 g/mol. The first kappa shape index (κ1) is 12.9. The predicted octanol–water partition coefficient (Wildman–Crippen LogP) is 3.42. The molecule has 0 bridgehead atoms. The van der Waals surface area contributed by atoms with Crippen molar-refractivity contribution in [1.82, 2.24) is 5.32 Å². The van der Waals surface area contributed by atoms with E-state index in [4.69, 9.17) is 16.3 Å². The summed E-state index contributed by atoms with van der Waals surface area (Å²) in [6.07, 6.45) is 4.12. The Hall–Kier alpha value is -0.570. The van der Waals surface area contributed by atoms with Crippen LogP contribution in [0.1, 0.15) is 30.9 Å². The summed E-state index contributed by atoms with van der Waals surface area (Å²) < 4.78 is 5.95. The van der Waals surface area contributed by atoms with Gasteiger partial charge in [-0.25, -0.2) is 0 Å². The van der Waals surface area contributed by atoms with E-state index < -0.39 is 0 Å². The summed E-state index contributed by atoms with van der Waals surface area (Å²) in [7, 11) is 1.95. The van der Waals surface area contributed by atoms with Crippen LogP contribution >= 0.6 is 11.6 Å². The molecule has 1 atom stereocenters. The third-order valence-corrected chi connectivity index (χ3v) is 3.43. The van der Waals surface area contributed by atoms with Crippen molar-refractivity contribution >= 4 is 11.6 Å². The minimum atomic E-state index is 0.135. The van der Waals surface area contributed by atoms with Gasteiger partial charge in [0.1, 0.15) is 0 Å². The summed E-state index contributed by atoms with van der Waals surface area (Å²) in [4.78, 5) is 0. The van der Waals surface area contributed by atoms with Crippen LogP contribution in [0.5, 0.6) is 0 Å². The molecular formula is C14H20ClNO. The molecule has 94 valence electrons. The first-order valence-electron chi connectivity index (χ1n) is 6.31. The molecule has 0 aromatic heterocycles. The lowest BCUT2D eigenvalue weighted by atomic mass is 10.1. The Bertz CT molecular complexity index is 335. The molecule has 3 heteroatoms. The number of likely N-dealkylation sites (N-methyl/N-ethyl adjacent to an activating group) is 1. The lowest BCUT2D eigenvalue weighted by Gasteiger charge is -2.18. The molecule has 1 aromatic rings. The highest BCUT2D eigenvalue weighted by atomic mass is 35.5. The number of halogens is 1. The highest BCUT2D eigenvalue weighted by Gasteiger charge is 2.21. The quantitative estimate of drug-likeness (QED) is 0.804. The topological polar surface area (TPSA) is 21.3 Å². The molecule has 1 unspecified atom stereocenters. The summed E-state index contributed by atoms with van der Waals surface area (Å²) in [5.74, 6) is 0.926. The molecule has 17 heavy (non-hydrogen) atoms. The molecule has 2 rings (SSSR count). The Morgan fingerprint density at radius 3 is 2.65 bits per heavy atom. The summed E-state index contributed by atoms with van der Waals surface area (Å²) in [5.41, 5.74) is 1.19. The van der Waals surface area contributed by atoms with Gasteiger partial charge in [0.05, 0.1) is 6.10 Å². The largest absolute Gasteiger partial charge is 0.372 e. The van der Waals surface area contributed by atoms with Gasteiger partial charge in [-0.15, -0.1) is 0 Å². The SMILES string of the molecule is CNCC(OCCC1CC1)c1ccc(Cl)cc1. The highest BCUT2D eigenvalue weighted by molar-refractivity contribution is 6.30. The second-order valence-corrected chi connectivity index (χ2v) is 5.14. The van der Waals surface area contributed by atoms with Gasteiger partial charge in [0.25, 0.3) is 0 Å². The Morgan fingerprint density at radius 2 is 2.06 bits per heavy atom. The van der Waals surface area contributed by atoms with Gasteiger partial charge in [0, 0.05) is 18.2 Å². The first-order valence-corrected chi connectivity index (χ1v) is 6.69. The second kappa shape index (κ2) is 6.39. The molecule has 0 radical (unpaired) electrons. The van der Waals surface area contributed by atoms with Crippen molar-refractivity contribution in [3.8, 4) is 0 Å². The van der Waals surface area contributed by atoms with Gasteiger partial charge in [-0.3, -0.25) is 0 Å². The Labute approximate surface area is 108 Å². The molecule has 1 aliphatic carbocycles. The number of hydrogen-bond donors (Lipinski definition) is 1. The molecule has 2 nitrogen and oxygen atoms in total. The normalized spacial score (nSPS) is 17.1. The second-order valence-electron chi connectivity index (χ2n) is 4.70. The van der Waals surface area contributed by atoms with Gasteiger partial charge >= 0.3 is 0 Å². The summed E-state index contributed by atoms with van der Waals surface area (Å²) >= 11 is 5.89. The van der Waals surface area contributed by atoms with Crippen molar-refractivity contribution < 1.29 is 4.74 Å².